The van der Waals surface area contributed by atoms with Gasteiger partial charge >= 0.3 is 0 Å². The number of halogens is 2. The molecule has 0 unspecified atom stereocenters. The smallest absolute Gasteiger partial charge is 0.207 e. The van der Waals surface area contributed by atoms with Crippen LogP contribution in [0.2, 0.25) is 10.0 Å². The van der Waals surface area contributed by atoms with Gasteiger partial charge in [0.25, 0.3) is 0 Å². The van der Waals surface area contributed by atoms with Crippen LogP contribution in [0, 0.1) is 0 Å². The molecule has 0 fully saturated rings. The Labute approximate surface area is 159 Å². The molecule has 0 amide bonds. The van der Waals surface area contributed by atoms with Crippen LogP contribution >= 0.6 is 45.9 Å². The molecular weight excluding hydrogens is 405 g/mol. The van der Waals surface area contributed by atoms with E-state index in [0.717, 1.165) is 11.1 Å². The lowest BCUT2D eigenvalue weighted by Gasteiger charge is -2.22. The molecule has 126 valence electrons. The highest BCUT2D eigenvalue weighted by molar-refractivity contribution is 7.89. The van der Waals surface area contributed by atoms with Gasteiger partial charge in [-0.05, 0) is 63.0 Å². The van der Waals surface area contributed by atoms with E-state index in [9.17, 15) is 8.42 Å². The van der Waals surface area contributed by atoms with E-state index in [4.69, 9.17) is 23.2 Å². The number of benzene rings is 1. The van der Waals surface area contributed by atoms with Crippen LogP contribution in [-0.4, -0.2) is 12.7 Å². The van der Waals surface area contributed by atoms with Gasteiger partial charge < -0.3 is 0 Å². The minimum absolute atomic E-state index is 0.0297. The number of hydrogen-bond donors (Lipinski definition) is 0. The largest absolute Gasteiger partial charge is 0.245 e. The maximum atomic E-state index is 13.1. The van der Waals surface area contributed by atoms with E-state index in [-0.39, 0.29) is 23.0 Å². The summed E-state index contributed by atoms with van der Waals surface area (Å²) >= 11 is 15.2. The summed E-state index contributed by atoms with van der Waals surface area (Å²) in [5.74, 6) is 0. The first-order valence-corrected chi connectivity index (χ1v) is 11.0. The van der Waals surface area contributed by atoms with Crippen molar-refractivity contribution in [3.63, 3.8) is 0 Å². The zero-order valence-corrected chi connectivity index (χ0v) is 16.3. The van der Waals surface area contributed by atoms with Gasteiger partial charge in [0.1, 0.15) is 4.90 Å². The van der Waals surface area contributed by atoms with Gasteiger partial charge in [0.15, 0.2) is 0 Å². The molecule has 0 radical (unpaired) electrons. The van der Waals surface area contributed by atoms with Crippen LogP contribution in [0.5, 0.6) is 0 Å². The molecule has 0 aliphatic rings. The summed E-state index contributed by atoms with van der Waals surface area (Å²) in [5, 5.41) is 8.24. The van der Waals surface area contributed by atoms with E-state index < -0.39 is 10.0 Å². The fourth-order valence-electron chi connectivity index (χ4n) is 2.21. The zero-order valence-electron chi connectivity index (χ0n) is 12.4. The summed E-state index contributed by atoms with van der Waals surface area (Å²) in [4.78, 5) is 0.0297. The molecule has 0 saturated heterocycles. The second-order valence-corrected chi connectivity index (χ2v) is 9.42. The SMILES string of the molecule is O=S(=O)(c1cc(Cl)ccc1Cl)N(Cc1ccsc1)Cc1ccsc1. The first-order chi connectivity index (χ1) is 11.5. The lowest BCUT2D eigenvalue weighted by molar-refractivity contribution is 0.402. The molecule has 0 saturated carbocycles. The molecule has 0 aliphatic heterocycles. The molecule has 2 heterocycles. The van der Waals surface area contributed by atoms with Gasteiger partial charge in [0, 0.05) is 18.1 Å². The third-order valence-electron chi connectivity index (χ3n) is 3.39. The van der Waals surface area contributed by atoms with Crippen molar-refractivity contribution in [3.05, 3.63) is 73.0 Å². The molecule has 0 aliphatic carbocycles. The Morgan fingerprint density at radius 3 is 2.00 bits per heavy atom. The molecule has 1 aromatic carbocycles. The zero-order chi connectivity index (χ0) is 17.2. The lowest BCUT2D eigenvalue weighted by Crippen LogP contribution is -2.30. The summed E-state index contributed by atoms with van der Waals surface area (Å²) in [5.41, 5.74) is 1.88. The summed E-state index contributed by atoms with van der Waals surface area (Å²) in [6.07, 6.45) is 0. The van der Waals surface area contributed by atoms with Crippen molar-refractivity contribution in [3.8, 4) is 0 Å². The second-order valence-electron chi connectivity index (χ2n) is 5.11. The molecule has 3 aromatic rings. The molecule has 0 N–H and O–H groups in total. The predicted octanol–water partition coefficient (Wildman–Crippen LogP) is 5.51. The van der Waals surface area contributed by atoms with Crippen LogP contribution in [0.1, 0.15) is 11.1 Å². The van der Waals surface area contributed by atoms with Crippen molar-refractivity contribution in [2.24, 2.45) is 0 Å². The monoisotopic (exact) mass is 417 g/mol. The van der Waals surface area contributed by atoms with Crippen LogP contribution in [0.3, 0.4) is 0 Å². The van der Waals surface area contributed by atoms with Crippen molar-refractivity contribution in [2.75, 3.05) is 0 Å². The van der Waals surface area contributed by atoms with Crippen LogP contribution < -0.4 is 0 Å². The van der Waals surface area contributed by atoms with Crippen LogP contribution in [0.4, 0.5) is 0 Å². The highest BCUT2D eigenvalue weighted by Gasteiger charge is 2.27. The Morgan fingerprint density at radius 1 is 0.917 bits per heavy atom. The van der Waals surface area contributed by atoms with Gasteiger partial charge in [-0.2, -0.15) is 27.0 Å². The molecule has 3 rings (SSSR count). The van der Waals surface area contributed by atoms with E-state index in [1.165, 1.54) is 39.1 Å². The number of sulfonamides is 1. The predicted molar refractivity (Wildman–Crippen MR) is 102 cm³/mol. The van der Waals surface area contributed by atoms with Crippen LogP contribution in [0.25, 0.3) is 0 Å². The Hall–Kier alpha value is -0.890. The topological polar surface area (TPSA) is 37.4 Å². The number of nitrogens with zero attached hydrogens (tertiary/aromatic N) is 1. The quantitative estimate of drug-likeness (QED) is 0.530. The van der Waals surface area contributed by atoms with Crippen molar-refractivity contribution in [1.29, 1.82) is 0 Å². The highest BCUT2D eigenvalue weighted by Crippen LogP contribution is 2.30. The van der Waals surface area contributed by atoms with E-state index in [2.05, 4.69) is 0 Å². The minimum Gasteiger partial charge on any atom is -0.207 e. The number of rotatable bonds is 6. The van der Waals surface area contributed by atoms with Crippen molar-refractivity contribution in [1.82, 2.24) is 4.31 Å². The molecule has 0 atom stereocenters. The average molecular weight is 418 g/mol. The van der Waals surface area contributed by atoms with Crippen molar-refractivity contribution in [2.45, 2.75) is 18.0 Å². The Bertz CT molecular complexity index is 871. The van der Waals surface area contributed by atoms with E-state index in [0.29, 0.717) is 5.02 Å². The van der Waals surface area contributed by atoms with Crippen molar-refractivity contribution < 1.29 is 8.42 Å². The minimum atomic E-state index is -3.78. The van der Waals surface area contributed by atoms with Crippen LogP contribution in [-0.2, 0) is 23.1 Å². The van der Waals surface area contributed by atoms with Gasteiger partial charge in [0.2, 0.25) is 10.0 Å². The number of thiophene rings is 2. The normalized spacial score (nSPS) is 12.0. The summed E-state index contributed by atoms with van der Waals surface area (Å²) in [6.45, 7) is 0.565. The first-order valence-electron chi connectivity index (χ1n) is 6.94. The third-order valence-corrected chi connectivity index (χ3v) is 7.36. The average Bonchev–Trinajstić information content (AvgIpc) is 3.22. The molecule has 0 bridgehead atoms. The maximum absolute atomic E-state index is 13.1. The molecule has 0 spiro atoms. The Kier molecular flexibility index (Phi) is 5.64. The molecule has 3 nitrogen and oxygen atoms in total. The fraction of sp³-hybridized carbons (Fsp3) is 0.125. The Morgan fingerprint density at radius 2 is 1.50 bits per heavy atom. The van der Waals surface area contributed by atoms with Gasteiger partial charge in [0.05, 0.1) is 5.02 Å². The molecule has 8 heteroatoms. The van der Waals surface area contributed by atoms with Crippen LogP contribution in [0.15, 0.2) is 56.7 Å². The fourth-order valence-corrected chi connectivity index (χ4v) is 5.69. The highest BCUT2D eigenvalue weighted by atomic mass is 35.5. The molecular formula is C16H13Cl2NO2S3. The van der Waals surface area contributed by atoms with Gasteiger partial charge in [-0.1, -0.05) is 23.2 Å². The first kappa shape index (κ1) is 17.9. The van der Waals surface area contributed by atoms with Gasteiger partial charge in [-0.15, -0.1) is 0 Å². The Balaban J connectivity index is 2.00. The maximum Gasteiger partial charge on any atom is 0.245 e. The van der Waals surface area contributed by atoms with E-state index in [1.54, 1.807) is 6.07 Å². The van der Waals surface area contributed by atoms with E-state index >= 15 is 0 Å². The standard InChI is InChI=1S/C16H13Cl2NO2S3/c17-14-1-2-15(18)16(7-14)24(20,21)19(8-12-3-5-22-10-12)9-13-4-6-23-11-13/h1-7,10-11H,8-9H2. The van der Waals surface area contributed by atoms with Crippen molar-refractivity contribution >= 4 is 55.9 Å². The lowest BCUT2D eigenvalue weighted by atomic mass is 10.3. The number of hydrogen-bond acceptors (Lipinski definition) is 4. The second kappa shape index (κ2) is 7.56. The third kappa shape index (κ3) is 4.02. The van der Waals surface area contributed by atoms with E-state index in [1.807, 2.05) is 33.7 Å². The van der Waals surface area contributed by atoms with Gasteiger partial charge in [-0.25, -0.2) is 8.42 Å². The summed E-state index contributed by atoms with van der Waals surface area (Å²) in [6, 6.07) is 8.31. The summed E-state index contributed by atoms with van der Waals surface area (Å²) in [7, 11) is -3.78. The van der Waals surface area contributed by atoms with Gasteiger partial charge in [-0.3, -0.25) is 0 Å². The molecule has 24 heavy (non-hydrogen) atoms. The molecule has 2 aromatic heterocycles. The summed E-state index contributed by atoms with van der Waals surface area (Å²) < 4.78 is 27.7.